The number of H-pyrrole nitrogens is 1. The largest absolute Gasteiger partial charge is 0.316 e. The summed E-state index contributed by atoms with van der Waals surface area (Å²) in [6.07, 6.45) is 6.99. The van der Waals surface area contributed by atoms with E-state index in [4.69, 9.17) is 0 Å². The van der Waals surface area contributed by atoms with Crippen LogP contribution in [0.3, 0.4) is 0 Å². The van der Waals surface area contributed by atoms with Crippen LogP contribution in [0, 0.1) is 11.3 Å². The highest BCUT2D eigenvalue weighted by Crippen LogP contribution is 2.76. The normalized spacial score (nSPS) is 43.8. The molecule has 2 bridgehead atoms. The van der Waals surface area contributed by atoms with E-state index in [0.29, 0.717) is 5.41 Å². The van der Waals surface area contributed by atoms with Crippen molar-refractivity contribution in [1.82, 2.24) is 15.5 Å². The number of rotatable bonds is 3. The fourth-order valence-corrected chi connectivity index (χ4v) is 4.50. The number of hydrogen-bond acceptors (Lipinski definition) is 2. The van der Waals surface area contributed by atoms with E-state index < -0.39 is 0 Å². The minimum Gasteiger partial charge on any atom is -0.316 e. The monoisotopic (exact) mass is 229 g/mol. The van der Waals surface area contributed by atoms with Crippen LogP contribution in [0.1, 0.15) is 49.4 Å². The molecule has 1 saturated heterocycles. The van der Waals surface area contributed by atoms with Gasteiger partial charge in [-0.05, 0) is 62.6 Å². The molecule has 0 amide bonds. The molecule has 1 aliphatic heterocycles. The molecule has 2 heterocycles. The van der Waals surface area contributed by atoms with Crippen LogP contribution in [-0.2, 0) is 5.41 Å². The summed E-state index contributed by atoms with van der Waals surface area (Å²) in [5.41, 5.74) is 4.01. The van der Waals surface area contributed by atoms with Gasteiger partial charge in [0.15, 0.2) is 0 Å². The average molecular weight is 229 g/mol. The third-order valence-corrected chi connectivity index (χ3v) is 5.88. The fourth-order valence-electron chi connectivity index (χ4n) is 4.50. The van der Waals surface area contributed by atoms with Gasteiger partial charge >= 0.3 is 0 Å². The SMILES string of the molecule is c1c(C23CC(C4CNC4)(C2)C3)n[nH]c1C1CC1. The van der Waals surface area contributed by atoms with E-state index in [1.807, 2.05) is 0 Å². The molecule has 1 aromatic heterocycles. The number of aromatic nitrogens is 2. The summed E-state index contributed by atoms with van der Waals surface area (Å²) in [7, 11) is 0. The third kappa shape index (κ3) is 1.00. The Morgan fingerprint density at radius 3 is 2.53 bits per heavy atom. The van der Waals surface area contributed by atoms with Gasteiger partial charge in [-0.15, -0.1) is 0 Å². The average Bonchev–Trinajstić information content (AvgIpc) is 2.86. The summed E-state index contributed by atoms with van der Waals surface area (Å²) in [6, 6.07) is 2.37. The molecule has 4 saturated carbocycles. The minimum absolute atomic E-state index is 0.499. The maximum absolute atomic E-state index is 4.60. The second kappa shape index (κ2) is 2.61. The standard InChI is InChI=1S/C14H19N3/c1-2-9(1)11-3-12(17-16-11)14-6-13(7-14,8-14)10-4-15-5-10/h3,9-10,15H,1-2,4-8H2,(H,16,17). The Morgan fingerprint density at radius 2 is 1.94 bits per heavy atom. The molecule has 0 radical (unpaired) electrons. The zero-order chi connectivity index (χ0) is 11.1. The van der Waals surface area contributed by atoms with Crippen molar-refractivity contribution in [2.24, 2.45) is 11.3 Å². The van der Waals surface area contributed by atoms with Crippen molar-refractivity contribution in [2.75, 3.05) is 13.1 Å². The molecule has 90 valence electrons. The van der Waals surface area contributed by atoms with Crippen LogP contribution in [0.15, 0.2) is 6.07 Å². The van der Waals surface area contributed by atoms with Gasteiger partial charge in [-0.1, -0.05) is 0 Å². The molecule has 5 fully saturated rings. The van der Waals surface area contributed by atoms with E-state index in [2.05, 4.69) is 21.6 Å². The second-order valence-corrected chi connectivity index (χ2v) is 7.01. The topological polar surface area (TPSA) is 40.7 Å². The van der Waals surface area contributed by atoms with Crippen LogP contribution in [0.2, 0.25) is 0 Å². The lowest BCUT2D eigenvalue weighted by Crippen LogP contribution is -2.72. The van der Waals surface area contributed by atoms with E-state index in [-0.39, 0.29) is 0 Å². The molecule has 3 heteroatoms. The minimum atomic E-state index is 0.499. The summed E-state index contributed by atoms with van der Waals surface area (Å²) in [6.45, 7) is 2.54. The predicted molar refractivity (Wildman–Crippen MR) is 64.9 cm³/mol. The maximum atomic E-state index is 4.60. The lowest BCUT2D eigenvalue weighted by atomic mass is 9.30. The van der Waals surface area contributed by atoms with Gasteiger partial charge in [-0.25, -0.2) is 0 Å². The quantitative estimate of drug-likeness (QED) is 0.831. The van der Waals surface area contributed by atoms with Crippen LogP contribution in [0.25, 0.3) is 0 Å². The van der Waals surface area contributed by atoms with E-state index in [1.165, 1.54) is 56.6 Å². The fraction of sp³-hybridized carbons (Fsp3) is 0.786. The van der Waals surface area contributed by atoms with Crippen molar-refractivity contribution in [3.63, 3.8) is 0 Å². The van der Waals surface area contributed by atoms with Crippen molar-refractivity contribution in [3.8, 4) is 0 Å². The Morgan fingerprint density at radius 1 is 1.18 bits per heavy atom. The molecule has 0 atom stereocenters. The number of nitrogens with one attached hydrogen (secondary N) is 2. The van der Waals surface area contributed by atoms with Crippen LogP contribution in [0.5, 0.6) is 0 Å². The Labute approximate surface area is 101 Å². The molecular formula is C14H19N3. The first-order chi connectivity index (χ1) is 8.30. The summed E-state index contributed by atoms with van der Waals surface area (Å²) < 4.78 is 0. The maximum Gasteiger partial charge on any atom is 0.0687 e. The lowest BCUT2D eigenvalue weighted by molar-refractivity contribution is -0.193. The van der Waals surface area contributed by atoms with Crippen molar-refractivity contribution in [1.29, 1.82) is 0 Å². The third-order valence-electron chi connectivity index (χ3n) is 5.88. The number of aromatic amines is 1. The van der Waals surface area contributed by atoms with E-state index in [0.717, 1.165) is 17.3 Å². The predicted octanol–water partition coefficient (Wildman–Crippen LogP) is 1.93. The molecule has 3 nitrogen and oxygen atoms in total. The highest BCUT2D eigenvalue weighted by Gasteiger charge is 2.72. The highest BCUT2D eigenvalue weighted by atomic mass is 15.1. The number of nitrogens with zero attached hydrogens (tertiary/aromatic N) is 1. The lowest BCUT2D eigenvalue weighted by Gasteiger charge is -2.74. The molecule has 1 aromatic rings. The summed E-state index contributed by atoms with van der Waals surface area (Å²) in [4.78, 5) is 0. The second-order valence-electron chi connectivity index (χ2n) is 7.01. The van der Waals surface area contributed by atoms with Crippen molar-refractivity contribution in [3.05, 3.63) is 17.5 Å². The van der Waals surface area contributed by atoms with Crippen LogP contribution < -0.4 is 5.32 Å². The van der Waals surface area contributed by atoms with Gasteiger partial charge in [0.1, 0.15) is 0 Å². The zero-order valence-electron chi connectivity index (χ0n) is 10.1. The van der Waals surface area contributed by atoms with E-state index in [1.54, 1.807) is 0 Å². The molecule has 17 heavy (non-hydrogen) atoms. The Bertz CT molecular complexity index is 462. The number of hydrogen-bond donors (Lipinski definition) is 2. The van der Waals surface area contributed by atoms with E-state index in [9.17, 15) is 0 Å². The summed E-state index contributed by atoms with van der Waals surface area (Å²) >= 11 is 0. The van der Waals surface area contributed by atoms with Gasteiger partial charge in [0, 0.05) is 17.0 Å². The van der Waals surface area contributed by atoms with Crippen LogP contribution in [-0.4, -0.2) is 23.3 Å². The molecular weight excluding hydrogens is 210 g/mol. The van der Waals surface area contributed by atoms with E-state index >= 15 is 0 Å². The molecule has 2 N–H and O–H groups in total. The van der Waals surface area contributed by atoms with Gasteiger partial charge in [-0.2, -0.15) is 5.10 Å². The van der Waals surface area contributed by atoms with Crippen LogP contribution in [0.4, 0.5) is 0 Å². The van der Waals surface area contributed by atoms with Crippen molar-refractivity contribution in [2.45, 2.75) is 43.4 Å². The Balaban J connectivity index is 1.37. The Hall–Kier alpha value is -0.830. The molecule has 0 unspecified atom stereocenters. The molecule has 4 aliphatic carbocycles. The van der Waals surface area contributed by atoms with Crippen molar-refractivity contribution < 1.29 is 0 Å². The van der Waals surface area contributed by atoms with Gasteiger partial charge in [-0.3, -0.25) is 5.10 Å². The molecule has 0 aromatic carbocycles. The zero-order valence-corrected chi connectivity index (χ0v) is 10.1. The molecule has 0 spiro atoms. The summed E-state index contributed by atoms with van der Waals surface area (Å²) in [5, 5.41) is 11.3. The highest BCUT2D eigenvalue weighted by molar-refractivity contribution is 5.37. The van der Waals surface area contributed by atoms with Crippen molar-refractivity contribution >= 4 is 0 Å². The van der Waals surface area contributed by atoms with Gasteiger partial charge in [0.05, 0.1) is 5.69 Å². The molecule has 5 aliphatic rings. The first-order valence-electron chi connectivity index (χ1n) is 7.06. The smallest absolute Gasteiger partial charge is 0.0687 e. The van der Waals surface area contributed by atoms with Gasteiger partial charge in [0.25, 0.3) is 0 Å². The first kappa shape index (κ1) is 9.15. The first-order valence-corrected chi connectivity index (χ1v) is 7.06. The molecule has 6 rings (SSSR count). The van der Waals surface area contributed by atoms with Crippen LogP contribution >= 0.6 is 0 Å². The van der Waals surface area contributed by atoms with Gasteiger partial charge < -0.3 is 5.32 Å². The van der Waals surface area contributed by atoms with Gasteiger partial charge in [0.2, 0.25) is 0 Å². The Kier molecular flexibility index (Phi) is 1.40. The summed E-state index contributed by atoms with van der Waals surface area (Å²) in [5.74, 6) is 1.79.